The van der Waals surface area contributed by atoms with Gasteiger partial charge in [-0.3, -0.25) is 0 Å². The van der Waals surface area contributed by atoms with Gasteiger partial charge in [0.2, 0.25) is 0 Å². The van der Waals surface area contributed by atoms with Gasteiger partial charge in [0.1, 0.15) is 4.88 Å². The summed E-state index contributed by atoms with van der Waals surface area (Å²) in [4.78, 5) is 10.9. The molecule has 12 heavy (non-hydrogen) atoms. The molecule has 0 aliphatic rings. The van der Waals surface area contributed by atoms with Crippen LogP contribution in [0.4, 0.5) is 0 Å². The van der Waals surface area contributed by atoms with Gasteiger partial charge in [0, 0.05) is 4.70 Å². The van der Waals surface area contributed by atoms with E-state index in [0.717, 1.165) is 9.40 Å². The maximum absolute atomic E-state index is 10.6. The molecule has 0 aliphatic heterocycles. The monoisotopic (exact) mass is 218 g/mol. The summed E-state index contributed by atoms with van der Waals surface area (Å²) in [6.07, 6.45) is 0. The third kappa shape index (κ3) is 1.03. The Labute approximate surface area is 81.0 Å². The van der Waals surface area contributed by atoms with Crippen molar-refractivity contribution in [2.75, 3.05) is 0 Å². The summed E-state index contributed by atoms with van der Waals surface area (Å²) >= 11 is 8.52. The molecule has 0 aliphatic carbocycles. The summed E-state index contributed by atoms with van der Waals surface area (Å²) < 4.78 is 1.82. The van der Waals surface area contributed by atoms with Crippen molar-refractivity contribution in [2.45, 2.75) is 0 Å². The highest BCUT2D eigenvalue weighted by molar-refractivity contribution is 7.29. The highest BCUT2D eigenvalue weighted by Gasteiger charge is 2.16. The van der Waals surface area contributed by atoms with Crippen LogP contribution in [0.1, 0.15) is 9.67 Å². The number of fused-ring (bicyclic) bond motifs is 1. The lowest BCUT2D eigenvalue weighted by molar-refractivity contribution is 0.0702. The van der Waals surface area contributed by atoms with Gasteiger partial charge in [-0.2, -0.15) is 0 Å². The van der Waals surface area contributed by atoms with E-state index < -0.39 is 5.97 Å². The van der Waals surface area contributed by atoms with Crippen LogP contribution >= 0.6 is 34.3 Å². The second kappa shape index (κ2) is 2.73. The predicted octanol–water partition coefficient (Wildman–Crippen LogP) is 3.31. The molecule has 5 heteroatoms. The fourth-order valence-corrected chi connectivity index (χ4v) is 3.40. The lowest BCUT2D eigenvalue weighted by Gasteiger charge is -1.85. The lowest BCUT2D eigenvalue weighted by atomic mass is 10.4. The third-order valence-electron chi connectivity index (χ3n) is 1.43. The van der Waals surface area contributed by atoms with Gasteiger partial charge in [-0.1, -0.05) is 11.6 Å². The van der Waals surface area contributed by atoms with Gasteiger partial charge in [-0.15, -0.1) is 22.7 Å². The Hall–Kier alpha value is -0.580. The topological polar surface area (TPSA) is 37.3 Å². The van der Waals surface area contributed by atoms with E-state index in [1.807, 2.05) is 11.4 Å². The smallest absolute Gasteiger partial charge is 0.347 e. The fourth-order valence-electron chi connectivity index (χ4n) is 0.933. The summed E-state index contributed by atoms with van der Waals surface area (Å²) in [5.41, 5.74) is 0. The maximum atomic E-state index is 10.6. The van der Waals surface area contributed by atoms with Crippen LogP contribution < -0.4 is 0 Å². The molecule has 0 bridgehead atoms. The first-order chi connectivity index (χ1) is 5.70. The van der Waals surface area contributed by atoms with Gasteiger partial charge in [0.05, 0.1) is 9.72 Å². The van der Waals surface area contributed by atoms with Crippen LogP contribution in [-0.2, 0) is 0 Å². The third-order valence-corrected chi connectivity index (χ3v) is 4.24. The molecule has 0 atom stereocenters. The standard InChI is InChI=1S/C7H3ClO2S2/c8-4-5-3(1-2-11-5)12-6(4)7(9)10/h1-2H,(H,9,10). The Morgan fingerprint density at radius 2 is 2.33 bits per heavy atom. The first-order valence-electron chi connectivity index (χ1n) is 3.09. The van der Waals surface area contributed by atoms with E-state index in [-0.39, 0.29) is 4.88 Å². The van der Waals surface area contributed by atoms with Crippen molar-refractivity contribution in [2.24, 2.45) is 0 Å². The summed E-state index contributed by atoms with van der Waals surface area (Å²) in [7, 11) is 0. The van der Waals surface area contributed by atoms with Gasteiger partial charge < -0.3 is 5.11 Å². The number of aromatic carboxylic acids is 1. The Kier molecular flexibility index (Phi) is 1.83. The van der Waals surface area contributed by atoms with Crippen molar-refractivity contribution >= 4 is 49.6 Å². The van der Waals surface area contributed by atoms with Crippen LogP contribution in [0.2, 0.25) is 5.02 Å². The number of halogens is 1. The molecular formula is C7H3ClO2S2. The highest BCUT2D eigenvalue weighted by atomic mass is 35.5. The van der Waals surface area contributed by atoms with E-state index in [9.17, 15) is 4.79 Å². The zero-order valence-corrected chi connectivity index (χ0v) is 8.09. The molecule has 0 radical (unpaired) electrons. The van der Waals surface area contributed by atoms with Crippen LogP contribution in [-0.4, -0.2) is 11.1 Å². The SMILES string of the molecule is O=C(O)c1sc2ccsc2c1Cl. The number of thiophene rings is 2. The number of hydrogen-bond acceptors (Lipinski definition) is 3. The summed E-state index contributed by atoms with van der Waals surface area (Å²) in [6, 6.07) is 1.88. The molecule has 0 saturated heterocycles. The van der Waals surface area contributed by atoms with Gasteiger partial charge in [0.25, 0.3) is 0 Å². The highest BCUT2D eigenvalue weighted by Crippen LogP contribution is 2.38. The molecule has 2 aromatic heterocycles. The van der Waals surface area contributed by atoms with E-state index in [4.69, 9.17) is 16.7 Å². The molecule has 0 saturated carbocycles. The molecule has 0 spiro atoms. The van der Waals surface area contributed by atoms with Crippen molar-refractivity contribution in [3.63, 3.8) is 0 Å². The van der Waals surface area contributed by atoms with Crippen LogP contribution in [0.25, 0.3) is 9.40 Å². The Bertz CT molecular complexity index is 443. The molecule has 2 nitrogen and oxygen atoms in total. The second-order valence-electron chi connectivity index (χ2n) is 2.16. The number of rotatable bonds is 1. The molecule has 1 N–H and O–H groups in total. The zero-order chi connectivity index (χ0) is 8.72. The number of carboxylic acids is 1. The minimum Gasteiger partial charge on any atom is -0.477 e. The van der Waals surface area contributed by atoms with Gasteiger partial charge in [-0.05, 0) is 11.4 Å². The van der Waals surface area contributed by atoms with Crippen molar-refractivity contribution in [1.82, 2.24) is 0 Å². The van der Waals surface area contributed by atoms with Crippen molar-refractivity contribution < 1.29 is 9.90 Å². The van der Waals surface area contributed by atoms with Crippen molar-refractivity contribution in [3.05, 3.63) is 21.3 Å². The predicted molar refractivity (Wildman–Crippen MR) is 51.7 cm³/mol. The molecular weight excluding hydrogens is 216 g/mol. The second-order valence-corrected chi connectivity index (χ2v) is 4.51. The van der Waals surface area contributed by atoms with Crippen LogP contribution in [0.5, 0.6) is 0 Å². The Morgan fingerprint density at radius 1 is 1.58 bits per heavy atom. The van der Waals surface area contributed by atoms with Crippen molar-refractivity contribution in [1.29, 1.82) is 0 Å². The summed E-state index contributed by atoms with van der Waals surface area (Å²) in [5.74, 6) is -0.951. The summed E-state index contributed by atoms with van der Waals surface area (Å²) in [6.45, 7) is 0. The molecule has 0 amide bonds. The maximum Gasteiger partial charge on any atom is 0.347 e. The average Bonchev–Trinajstić information content (AvgIpc) is 2.53. The first-order valence-corrected chi connectivity index (χ1v) is 5.16. The molecule has 2 aromatic rings. The quantitative estimate of drug-likeness (QED) is 0.798. The van der Waals surface area contributed by atoms with Crippen LogP contribution in [0.15, 0.2) is 11.4 Å². The van der Waals surface area contributed by atoms with E-state index in [0.29, 0.717) is 5.02 Å². The van der Waals surface area contributed by atoms with E-state index in [2.05, 4.69) is 0 Å². The van der Waals surface area contributed by atoms with Gasteiger partial charge in [0.15, 0.2) is 0 Å². The van der Waals surface area contributed by atoms with Crippen LogP contribution in [0.3, 0.4) is 0 Å². The van der Waals surface area contributed by atoms with E-state index in [1.54, 1.807) is 0 Å². The minimum atomic E-state index is -0.951. The van der Waals surface area contributed by atoms with Crippen LogP contribution in [0, 0.1) is 0 Å². The van der Waals surface area contributed by atoms with E-state index in [1.165, 1.54) is 22.7 Å². The van der Waals surface area contributed by atoms with Gasteiger partial charge >= 0.3 is 5.97 Å². The minimum absolute atomic E-state index is 0.235. The number of hydrogen-bond donors (Lipinski definition) is 1. The first kappa shape index (κ1) is 8.04. The Balaban J connectivity index is 2.78. The average molecular weight is 219 g/mol. The number of carboxylic acid groups (broad SMARTS) is 1. The van der Waals surface area contributed by atoms with Crippen molar-refractivity contribution in [3.8, 4) is 0 Å². The fraction of sp³-hybridized carbons (Fsp3) is 0. The largest absolute Gasteiger partial charge is 0.477 e. The zero-order valence-electron chi connectivity index (χ0n) is 5.70. The molecule has 62 valence electrons. The van der Waals surface area contributed by atoms with Gasteiger partial charge in [-0.25, -0.2) is 4.79 Å². The molecule has 2 heterocycles. The number of carbonyl (C=O) groups is 1. The lowest BCUT2D eigenvalue weighted by Crippen LogP contribution is -1.91. The summed E-state index contributed by atoms with van der Waals surface area (Å²) in [5, 5.41) is 11.0. The molecule has 0 unspecified atom stereocenters. The molecule has 0 fully saturated rings. The molecule has 2 rings (SSSR count). The van der Waals surface area contributed by atoms with E-state index >= 15 is 0 Å². The molecule has 0 aromatic carbocycles. The Morgan fingerprint density at radius 3 is 2.92 bits per heavy atom. The normalized spacial score (nSPS) is 10.8.